The zero-order valence-electron chi connectivity index (χ0n) is 8.69. The summed E-state index contributed by atoms with van der Waals surface area (Å²) in [7, 11) is 0. The Bertz CT molecular complexity index is 465. The maximum Gasteiger partial charge on any atom is 0.215 e. The lowest BCUT2D eigenvalue weighted by atomic mass is 10.4. The van der Waals surface area contributed by atoms with Gasteiger partial charge >= 0.3 is 0 Å². The average Bonchev–Trinajstić information content (AvgIpc) is 2.61. The van der Waals surface area contributed by atoms with Crippen molar-refractivity contribution >= 4 is 11.2 Å². The molecule has 2 aromatic heterocycles. The first-order valence-electron chi connectivity index (χ1n) is 4.88. The van der Waals surface area contributed by atoms with Gasteiger partial charge in [-0.05, 0) is 19.9 Å². The van der Waals surface area contributed by atoms with Crippen LogP contribution in [0.2, 0.25) is 0 Å². The minimum Gasteiger partial charge on any atom is -0.478 e. The molecule has 0 saturated carbocycles. The van der Waals surface area contributed by atoms with Gasteiger partial charge < -0.3 is 14.8 Å². The summed E-state index contributed by atoms with van der Waals surface area (Å²) in [6.07, 6.45) is -0.616. The zero-order valence-corrected chi connectivity index (χ0v) is 8.69. The molecule has 5 heteroatoms. The highest BCUT2D eigenvalue weighted by atomic mass is 16.5. The van der Waals surface area contributed by atoms with E-state index in [1.54, 1.807) is 13.0 Å². The summed E-state index contributed by atoms with van der Waals surface area (Å²) in [6.45, 7) is 4.13. The fourth-order valence-corrected chi connectivity index (χ4v) is 1.32. The first-order chi connectivity index (χ1) is 7.20. The molecule has 0 aliphatic heterocycles. The lowest BCUT2D eigenvalue weighted by Crippen LogP contribution is -1.94. The van der Waals surface area contributed by atoms with Gasteiger partial charge in [0.05, 0.1) is 12.1 Å². The van der Waals surface area contributed by atoms with E-state index < -0.39 is 6.10 Å². The molecule has 0 aromatic carbocycles. The van der Waals surface area contributed by atoms with E-state index >= 15 is 0 Å². The maximum atomic E-state index is 9.34. The molecular formula is C10H13N3O2. The van der Waals surface area contributed by atoms with E-state index in [4.69, 9.17) is 4.74 Å². The predicted molar refractivity (Wildman–Crippen MR) is 55.7 cm³/mol. The molecule has 2 heterocycles. The lowest BCUT2D eigenvalue weighted by Gasteiger charge is -1.99. The van der Waals surface area contributed by atoms with Gasteiger partial charge in [0.2, 0.25) is 5.88 Å². The summed E-state index contributed by atoms with van der Waals surface area (Å²) in [5, 5.41) is 9.34. The van der Waals surface area contributed by atoms with E-state index in [0.717, 1.165) is 5.52 Å². The fraction of sp³-hybridized carbons (Fsp3) is 0.400. The third-order valence-corrected chi connectivity index (χ3v) is 2.03. The molecular weight excluding hydrogens is 194 g/mol. The van der Waals surface area contributed by atoms with E-state index in [9.17, 15) is 5.11 Å². The second-order valence-corrected chi connectivity index (χ2v) is 3.25. The standard InChI is InChI=1S/C10H13N3O2/c1-3-15-8-5-4-7-10(12-8)13-9(11-7)6(2)14/h4-6,14H,3H2,1-2H3,(H,11,12,13). The van der Waals surface area contributed by atoms with Crippen molar-refractivity contribution in [3.63, 3.8) is 0 Å². The molecule has 1 unspecified atom stereocenters. The number of aliphatic hydroxyl groups excluding tert-OH is 1. The Labute approximate surface area is 87.1 Å². The van der Waals surface area contributed by atoms with Gasteiger partial charge in [-0.3, -0.25) is 0 Å². The Morgan fingerprint density at radius 1 is 1.47 bits per heavy atom. The van der Waals surface area contributed by atoms with Crippen molar-refractivity contribution in [3.05, 3.63) is 18.0 Å². The van der Waals surface area contributed by atoms with Crippen molar-refractivity contribution < 1.29 is 9.84 Å². The average molecular weight is 207 g/mol. The number of aliphatic hydroxyl groups is 1. The van der Waals surface area contributed by atoms with Crippen LogP contribution in [0, 0.1) is 0 Å². The molecule has 2 rings (SSSR count). The number of rotatable bonds is 3. The number of hydrogen-bond acceptors (Lipinski definition) is 4. The molecule has 15 heavy (non-hydrogen) atoms. The van der Waals surface area contributed by atoms with Gasteiger partial charge in [0, 0.05) is 6.07 Å². The van der Waals surface area contributed by atoms with Crippen molar-refractivity contribution in [2.45, 2.75) is 20.0 Å². The van der Waals surface area contributed by atoms with E-state index in [0.29, 0.717) is 24.0 Å². The minimum atomic E-state index is -0.616. The van der Waals surface area contributed by atoms with Crippen molar-refractivity contribution in [3.8, 4) is 5.88 Å². The SMILES string of the molecule is CCOc1ccc2[nH]c(C(C)O)nc2n1. The van der Waals surface area contributed by atoms with Crippen LogP contribution in [0.1, 0.15) is 25.8 Å². The van der Waals surface area contributed by atoms with Gasteiger partial charge in [0.1, 0.15) is 11.9 Å². The van der Waals surface area contributed by atoms with Crippen LogP contribution in [0.15, 0.2) is 12.1 Å². The van der Waals surface area contributed by atoms with Gasteiger partial charge in [0.15, 0.2) is 5.65 Å². The summed E-state index contributed by atoms with van der Waals surface area (Å²) >= 11 is 0. The topological polar surface area (TPSA) is 71.0 Å². The van der Waals surface area contributed by atoms with E-state index in [-0.39, 0.29) is 0 Å². The van der Waals surface area contributed by atoms with Gasteiger partial charge in [-0.15, -0.1) is 0 Å². The second kappa shape index (κ2) is 3.86. The van der Waals surface area contributed by atoms with Crippen molar-refractivity contribution in [2.75, 3.05) is 6.61 Å². The van der Waals surface area contributed by atoms with Crippen LogP contribution in [0.25, 0.3) is 11.2 Å². The van der Waals surface area contributed by atoms with Crippen LogP contribution in [0.4, 0.5) is 0 Å². The van der Waals surface area contributed by atoms with E-state index in [1.807, 2.05) is 13.0 Å². The molecule has 80 valence electrons. The number of ether oxygens (including phenoxy) is 1. The third-order valence-electron chi connectivity index (χ3n) is 2.03. The number of pyridine rings is 1. The molecule has 0 aliphatic rings. The fourth-order valence-electron chi connectivity index (χ4n) is 1.32. The second-order valence-electron chi connectivity index (χ2n) is 3.25. The maximum absolute atomic E-state index is 9.34. The van der Waals surface area contributed by atoms with Crippen LogP contribution < -0.4 is 4.74 Å². The lowest BCUT2D eigenvalue weighted by molar-refractivity contribution is 0.190. The number of aromatic nitrogens is 3. The highest BCUT2D eigenvalue weighted by molar-refractivity contribution is 5.71. The van der Waals surface area contributed by atoms with Crippen molar-refractivity contribution in [1.82, 2.24) is 15.0 Å². The Morgan fingerprint density at radius 2 is 2.27 bits per heavy atom. The van der Waals surface area contributed by atoms with Crippen LogP contribution in [-0.4, -0.2) is 26.7 Å². The number of fused-ring (bicyclic) bond motifs is 1. The number of nitrogens with zero attached hydrogens (tertiary/aromatic N) is 2. The number of hydrogen-bond donors (Lipinski definition) is 2. The Morgan fingerprint density at radius 3 is 2.93 bits per heavy atom. The predicted octanol–water partition coefficient (Wildman–Crippen LogP) is 1.41. The smallest absolute Gasteiger partial charge is 0.215 e. The number of imidazole rings is 1. The zero-order chi connectivity index (χ0) is 10.8. The number of nitrogens with one attached hydrogen (secondary N) is 1. The summed E-state index contributed by atoms with van der Waals surface area (Å²) in [6, 6.07) is 3.61. The van der Waals surface area contributed by atoms with Crippen molar-refractivity contribution in [1.29, 1.82) is 0 Å². The Kier molecular flexibility index (Phi) is 2.55. The molecule has 0 bridgehead atoms. The Balaban J connectivity index is 2.43. The highest BCUT2D eigenvalue weighted by Crippen LogP contribution is 2.17. The largest absolute Gasteiger partial charge is 0.478 e. The summed E-state index contributed by atoms with van der Waals surface area (Å²) < 4.78 is 5.26. The Hall–Kier alpha value is -1.62. The van der Waals surface area contributed by atoms with Crippen molar-refractivity contribution in [2.24, 2.45) is 0 Å². The third kappa shape index (κ3) is 1.92. The van der Waals surface area contributed by atoms with Crippen LogP contribution >= 0.6 is 0 Å². The monoisotopic (exact) mass is 207 g/mol. The molecule has 1 atom stereocenters. The van der Waals surface area contributed by atoms with Gasteiger partial charge in [0.25, 0.3) is 0 Å². The first-order valence-corrected chi connectivity index (χ1v) is 4.88. The molecule has 0 spiro atoms. The molecule has 2 aromatic rings. The van der Waals surface area contributed by atoms with Gasteiger partial charge in [-0.25, -0.2) is 4.98 Å². The summed E-state index contributed by atoms with van der Waals surface area (Å²) in [4.78, 5) is 11.3. The van der Waals surface area contributed by atoms with Crippen LogP contribution in [0.5, 0.6) is 5.88 Å². The van der Waals surface area contributed by atoms with E-state index in [1.165, 1.54) is 0 Å². The minimum absolute atomic E-state index is 0.520. The molecule has 0 amide bonds. The summed E-state index contributed by atoms with van der Waals surface area (Å²) in [5.74, 6) is 1.07. The molecule has 0 aliphatic carbocycles. The van der Waals surface area contributed by atoms with Crippen LogP contribution in [0.3, 0.4) is 0 Å². The molecule has 0 radical (unpaired) electrons. The number of H-pyrrole nitrogens is 1. The molecule has 5 nitrogen and oxygen atoms in total. The van der Waals surface area contributed by atoms with Gasteiger partial charge in [-0.2, -0.15) is 4.98 Å². The van der Waals surface area contributed by atoms with Gasteiger partial charge in [-0.1, -0.05) is 0 Å². The quantitative estimate of drug-likeness (QED) is 0.798. The highest BCUT2D eigenvalue weighted by Gasteiger charge is 2.08. The molecule has 2 N–H and O–H groups in total. The molecule has 0 fully saturated rings. The normalized spacial score (nSPS) is 13.0. The number of aromatic amines is 1. The first kappa shape index (κ1) is 9.92. The summed E-state index contributed by atoms with van der Waals surface area (Å²) in [5.41, 5.74) is 1.37. The molecule has 0 saturated heterocycles. The van der Waals surface area contributed by atoms with Crippen LogP contribution in [-0.2, 0) is 0 Å². The van der Waals surface area contributed by atoms with E-state index in [2.05, 4.69) is 15.0 Å².